The van der Waals surface area contributed by atoms with Gasteiger partial charge in [-0.05, 0) is 0 Å². The molecule has 0 N–H and O–H groups in total. The monoisotopic (exact) mass is 704 g/mol. The van der Waals surface area contributed by atoms with Gasteiger partial charge >= 0.3 is 246 Å². The molecule has 0 aliphatic heterocycles. The van der Waals surface area contributed by atoms with Gasteiger partial charge in [-0.25, -0.2) is 0 Å². The summed E-state index contributed by atoms with van der Waals surface area (Å²) in [6.45, 7) is 35.4. The first-order valence-corrected chi connectivity index (χ1v) is 31.2. The van der Waals surface area contributed by atoms with Crippen LogP contribution in [-0.2, 0) is 32.5 Å². The zero-order chi connectivity index (χ0) is 28.5. The van der Waals surface area contributed by atoms with E-state index in [1.54, 1.807) is 66.8 Å². The zero-order valence-corrected chi connectivity index (χ0v) is 34.6. The molecule has 2 aromatic carbocycles. The van der Waals surface area contributed by atoms with Crippen LogP contribution >= 0.6 is 0 Å². The van der Waals surface area contributed by atoms with Gasteiger partial charge in [0.2, 0.25) is 0 Å². The Hall–Kier alpha value is 0.0338. The molecule has 0 nitrogen and oxygen atoms in total. The van der Waals surface area contributed by atoms with Crippen molar-refractivity contribution in [2.75, 3.05) is 0 Å². The second-order valence-electron chi connectivity index (χ2n) is 15.1. The summed E-state index contributed by atoms with van der Waals surface area (Å²) in [5.74, 6) is 0. The first-order chi connectivity index (χ1) is 17.4. The normalized spacial score (nSPS) is 18.1. The van der Waals surface area contributed by atoms with Gasteiger partial charge in [-0.2, -0.15) is 0 Å². The van der Waals surface area contributed by atoms with Crippen LogP contribution in [0, 0.1) is 13.8 Å². The zero-order valence-electron chi connectivity index (χ0n) is 27.6. The van der Waals surface area contributed by atoms with Crippen LogP contribution in [0.1, 0.15) is 79.5 Å². The predicted octanol–water partition coefficient (Wildman–Crippen LogP) is 4.42. The van der Waals surface area contributed by atoms with Gasteiger partial charge in [0.25, 0.3) is 0 Å². The topological polar surface area (TPSA) is 0 Å². The number of allylic oxidation sites excluding steroid dienone is 4. The van der Waals surface area contributed by atoms with Crippen molar-refractivity contribution in [1.29, 1.82) is 0 Å². The Bertz CT molecular complexity index is 1310. The summed E-state index contributed by atoms with van der Waals surface area (Å²) in [6, 6.07) is 12.5. The molecule has 4 rings (SSSR count). The third kappa shape index (κ3) is 6.73. The van der Waals surface area contributed by atoms with Gasteiger partial charge in [-0.1, -0.05) is 0 Å². The molecular weight excluding hydrogens is 655 g/mol. The molecule has 6 heteroatoms. The van der Waals surface area contributed by atoms with Gasteiger partial charge in [-0.15, -0.1) is 0 Å². The van der Waals surface area contributed by atoms with E-state index in [0.29, 0.717) is 0 Å². The average molecular weight is 707 g/mol. The third-order valence-electron chi connectivity index (χ3n) is 9.12. The van der Waals surface area contributed by atoms with Crippen LogP contribution in [0.4, 0.5) is 0 Å². The Morgan fingerprint density at radius 3 is 1.20 bits per heavy atom. The first kappa shape index (κ1) is 36.2. The summed E-state index contributed by atoms with van der Waals surface area (Å²) in [6.07, 6.45) is 0. The number of aryl methyl sites for hydroxylation is 2. The average Bonchev–Trinajstić information content (AvgIpc) is 3.19. The van der Waals surface area contributed by atoms with Crippen LogP contribution in [0.15, 0.2) is 35.4 Å². The third-order valence-corrected chi connectivity index (χ3v) is 31.7. The van der Waals surface area contributed by atoms with Crippen molar-refractivity contribution < 1.29 is 45.2 Å². The van der Waals surface area contributed by atoms with Crippen LogP contribution in [0.25, 0.3) is 11.1 Å². The molecule has 0 aromatic heterocycles. The van der Waals surface area contributed by atoms with Crippen molar-refractivity contribution in [3.8, 4) is 0 Å². The van der Waals surface area contributed by atoms with Gasteiger partial charge in [0.05, 0.1) is 0 Å². The van der Waals surface area contributed by atoms with E-state index in [-0.39, 0.29) is 24.8 Å². The SMILES string of the molecule is CC1=C(C)[CH]([Zr+2]([CH]2C(C)=C(C)c3c(C[Si](C)(C)C)ccc(C)c32)=[Si](C)C)c2c(C)ccc(C[Si](C)(C)C)c21.[Cl-].[Cl-]. The number of fused-ring (bicyclic) bond motifs is 2. The van der Waals surface area contributed by atoms with E-state index >= 15 is 0 Å². The largest absolute Gasteiger partial charge is 1.00 e. The molecular formula is C34H52Cl2Si3Zr. The van der Waals surface area contributed by atoms with E-state index in [1.807, 2.05) is 0 Å². The second kappa shape index (κ2) is 12.9. The molecule has 0 fully saturated rings. The summed E-state index contributed by atoms with van der Waals surface area (Å²) in [7, 11) is -2.42. The van der Waals surface area contributed by atoms with E-state index in [0.717, 1.165) is 7.25 Å². The van der Waals surface area contributed by atoms with Crippen LogP contribution in [0.2, 0.25) is 52.4 Å². The smallest absolute Gasteiger partial charge is 1.00 e. The first-order valence-electron chi connectivity index (χ1n) is 14.7. The Labute approximate surface area is 269 Å². The second-order valence-corrected chi connectivity index (χ2v) is 43.9. The van der Waals surface area contributed by atoms with Crippen molar-refractivity contribution in [3.05, 3.63) is 79.9 Å². The van der Waals surface area contributed by atoms with Crippen LogP contribution < -0.4 is 24.8 Å². The molecule has 0 heterocycles. The summed E-state index contributed by atoms with van der Waals surface area (Å²) < 4.78 is 1.47. The number of benzene rings is 2. The molecule has 2 aromatic rings. The minimum absolute atomic E-state index is 0. The molecule has 2 aliphatic rings. The molecule has 0 radical (unpaired) electrons. The quantitative estimate of drug-likeness (QED) is 0.391. The minimum atomic E-state index is -2.08. The fraction of sp³-hybridized carbons (Fsp3) is 0.529. The molecule has 40 heavy (non-hydrogen) atoms. The number of halogens is 2. The van der Waals surface area contributed by atoms with E-state index in [1.165, 1.54) is 12.1 Å². The van der Waals surface area contributed by atoms with Gasteiger partial charge in [-0.3, -0.25) is 0 Å². The predicted molar refractivity (Wildman–Crippen MR) is 176 cm³/mol. The molecule has 218 valence electrons. The van der Waals surface area contributed by atoms with Crippen molar-refractivity contribution in [3.63, 3.8) is 0 Å². The van der Waals surface area contributed by atoms with Gasteiger partial charge in [0.1, 0.15) is 0 Å². The number of hydrogen-bond acceptors (Lipinski definition) is 0. The van der Waals surface area contributed by atoms with Crippen molar-refractivity contribution in [2.24, 2.45) is 0 Å². The molecule has 2 atom stereocenters. The minimum Gasteiger partial charge on any atom is -1.00 e. The molecule has 2 unspecified atom stereocenters. The van der Waals surface area contributed by atoms with Crippen molar-refractivity contribution in [1.82, 2.24) is 0 Å². The van der Waals surface area contributed by atoms with E-state index in [2.05, 4.69) is 118 Å². The van der Waals surface area contributed by atoms with E-state index in [4.69, 9.17) is 0 Å². The van der Waals surface area contributed by atoms with Gasteiger partial charge < -0.3 is 24.8 Å². The van der Waals surface area contributed by atoms with Crippen LogP contribution in [0.5, 0.6) is 0 Å². The maximum Gasteiger partial charge on any atom is -1.00 e. The van der Waals surface area contributed by atoms with E-state index in [9.17, 15) is 0 Å². The van der Waals surface area contributed by atoms with Crippen molar-refractivity contribution >= 4 is 32.7 Å². The van der Waals surface area contributed by atoms with Crippen molar-refractivity contribution in [2.45, 2.75) is 113 Å². The standard InChI is InChI=1S/2C16H23Si.C2H6Si.2ClH.Zr/c2*1-11-7-8-14(10-17(4,5)6)16-13(3)12(2)9-15(11)16;1-3-2;;;/h2*7-9H,10H2,1-6H3;1-2H3;2*1H;/q;;;;;+2/p-2. The molecule has 0 saturated carbocycles. The maximum atomic E-state index is 2.68. The summed E-state index contributed by atoms with van der Waals surface area (Å²) in [4.78, 5) is 0. The molecule has 0 bridgehead atoms. The summed E-state index contributed by atoms with van der Waals surface area (Å²) in [5.41, 5.74) is 19.6. The molecule has 0 spiro atoms. The van der Waals surface area contributed by atoms with Crippen LogP contribution in [-0.4, -0.2) is 21.6 Å². The fourth-order valence-corrected chi connectivity index (χ4v) is 31.7. The Balaban J connectivity index is 0.00000280. The fourth-order valence-electron chi connectivity index (χ4n) is 7.39. The van der Waals surface area contributed by atoms with Gasteiger partial charge in [0.15, 0.2) is 0 Å². The number of hydrogen-bond donors (Lipinski definition) is 0. The summed E-state index contributed by atoms with van der Waals surface area (Å²) >= 11 is -2.08. The molecule has 0 amide bonds. The summed E-state index contributed by atoms with van der Waals surface area (Å²) in [5, 5.41) is 0. The van der Waals surface area contributed by atoms with Crippen LogP contribution in [0.3, 0.4) is 0 Å². The maximum absolute atomic E-state index is 2.68. The Kier molecular flexibility index (Phi) is 11.7. The van der Waals surface area contributed by atoms with E-state index < -0.39 is 41.9 Å². The Morgan fingerprint density at radius 2 is 0.925 bits per heavy atom. The Morgan fingerprint density at radius 1 is 0.600 bits per heavy atom. The molecule has 0 saturated heterocycles. The number of rotatable bonds is 6. The molecule has 2 aliphatic carbocycles. The van der Waals surface area contributed by atoms with Gasteiger partial charge in [0, 0.05) is 0 Å².